The summed E-state index contributed by atoms with van der Waals surface area (Å²) in [7, 11) is 1.63. The van der Waals surface area contributed by atoms with Gasteiger partial charge in [-0.15, -0.1) is 11.3 Å². The fourth-order valence-electron chi connectivity index (χ4n) is 1.74. The maximum absolute atomic E-state index is 6.07. The van der Waals surface area contributed by atoms with E-state index in [1.165, 1.54) is 11.3 Å². The molecular weight excluding hydrogens is 369 g/mol. The third-order valence-corrected chi connectivity index (χ3v) is 4.59. The molecule has 0 amide bonds. The second kappa shape index (κ2) is 6.35. The maximum atomic E-state index is 6.07. The van der Waals surface area contributed by atoms with Crippen LogP contribution in [0.2, 0.25) is 9.36 Å². The Kier molecular flexibility index (Phi) is 5.01. The zero-order valence-electron chi connectivity index (χ0n) is 10.3. The van der Waals surface area contributed by atoms with Crippen LogP contribution in [-0.2, 0) is 0 Å². The summed E-state index contributed by atoms with van der Waals surface area (Å²) in [5.74, 6) is 0.734. The Labute approximate surface area is 134 Å². The summed E-state index contributed by atoms with van der Waals surface area (Å²) in [4.78, 5) is 0. The molecule has 0 radical (unpaired) electrons. The van der Waals surface area contributed by atoms with Gasteiger partial charge in [0.25, 0.3) is 0 Å². The molecular formula is C13H12BrCl2NOS. The normalized spacial score (nSPS) is 12.3. The first-order valence-electron chi connectivity index (χ1n) is 5.54. The van der Waals surface area contributed by atoms with Gasteiger partial charge in [-0.3, -0.25) is 0 Å². The van der Waals surface area contributed by atoms with Crippen molar-refractivity contribution in [3.63, 3.8) is 0 Å². The van der Waals surface area contributed by atoms with Gasteiger partial charge in [-0.1, -0.05) is 23.2 Å². The van der Waals surface area contributed by atoms with E-state index in [0.29, 0.717) is 5.02 Å². The molecule has 1 heterocycles. The zero-order valence-corrected chi connectivity index (χ0v) is 14.3. The molecule has 1 aromatic carbocycles. The van der Waals surface area contributed by atoms with E-state index in [2.05, 4.69) is 28.2 Å². The van der Waals surface area contributed by atoms with E-state index in [9.17, 15) is 0 Å². The van der Waals surface area contributed by atoms with Gasteiger partial charge < -0.3 is 10.1 Å². The van der Waals surface area contributed by atoms with Crippen LogP contribution < -0.4 is 10.1 Å². The van der Waals surface area contributed by atoms with Crippen LogP contribution in [0, 0.1) is 0 Å². The van der Waals surface area contributed by atoms with Crippen molar-refractivity contribution in [2.24, 2.45) is 0 Å². The van der Waals surface area contributed by atoms with Gasteiger partial charge in [0.05, 0.1) is 21.6 Å². The Balaban J connectivity index is 2.27. The molecule has 1 atom stereocenters. The van der Waals surface area contributed by atoms with Gasteiger partial charge >= 0.3 is 0 Å². The van der Waals surface area contributed by atoms with E-state index in [1.54, 1.807) is 13.2 Å². The fraction of sp³-hybridized carbons (Fsp3) is 0.231. The molecule has 0 spiro atoms. The minimum atomic E-state index is 0.114. The third-order valence-electron chi connectivity index (χ3n) is 2.67. The number of hydrogen-bond acceptors (Lipinski definition) is 3. The van der Waals surface area contributed by atoms with Crippen LogP contribution in [0.1, 0.15) is 18.5 Å². The van der Waals surface area contributed by atoms with E-state index in [1.807, 2.05) is 17.5 Å². The van der Waals surface area contributed by atoms with Gasteiger partial charge in [-0.05, 0) is 52.0 Å². The Morgan fingerprint density at radius 1 is 1.32 bits per heavy atom. The van der Waals surface area contributed by atoms with E-state index >= 15 is 0 Å². The monoisotopic (exact) mass is 379 g/mol. The predicted molar refractivity (Wildman–Crippen MR) is 87.1 cm³/mol. The molecule has 19 heavy (non-hydrogen) atoms. The van der Waals surface area contributed by atoms with Gasteiger partial charge in [-0.2, -0.15) is 0 Å². The number of ether oxygens (including phenoxy) is 1. The van der Waals surface area contributed by atoms with Crippen molar-refractivity contribution in [2.75, 3.05) is 12.4 Å². The van der Waals surface area contributed by atoms with Crippen molar-refractivity contribution in [3.05, 3.63) is 43.0 Å². The van der Waals surface area contributed by atoms with Crippen molar-refractivity contribution in [1.82, 2.24) is 0 Å². The number of halogens is 3. The largest absolute Gasteiger partial charge is 0.493 e. The highest BCUT2D eigenvalue weighted by molar-refractivity contribution is 9.10. The van der Waals surface area contributed by atoms with Crippen molar-refractivity contribution >= 4 is 56.2 Å². The van der Waals surface area contributed by atoms with E-state index < -0.39 is 0 Å². The summed E-state index contributed by atoms with van der Waals surface area (Å²) in [6.45, 7) is 2.06. The molecule has 0 bridgehead atoms. The Morgan fingerprint density at radius 3 is 2.63 bits per heavy atom. The lowest BCUT2D eigenvalue weighted by Crippen LogP contribution is -2.07. The van der Waals surface area contributed by atoms with Gasteiger partial charge in [0.1, 0.15) is 0 Å². The lowest BCUT2D eigenvalue weighted by atomic mass is 10.1. The van der Waals surface area contributed by atoms with Gasteiger partial charge in [0, 0.05) is 11.1 Å². The van der Waals surface area contributed by atoms with E-state index in [-0.39, 0.29) is 6.04 Å². The second-order valence-electron chi connectivity index (χ2n) is 4.02. The Bertz CT molecular complexity index is 588. The Hall–Kier alpha value is -0.420. The van der Waals surface area contributed by atoms with Crippen LogP contribution >= 0.6 is 50.5 Å². The average Bonchev–Trinajstić information content (AvgIpc) is 2.75. The van der Waals surface area contributed by atoms with E-state index in [0.717, 1.165) is 25.8 Å². The number of thiophene rings is 1. The summed E-state index contributed by atoms with van der Waals surface area (Å²) < 4.78 is 6.98. The number of nitrogens with one attached hydrogen (secondary N) is 1. The summed E-state index contributed by atoms with van der Waals surface area (Å²) in [5.41, 5.74) is 1.98. The molecule has 0 aliphatic rings. The highest BCUT2D eigenvalue weighted by atomic mass is 79.9. The number of methoxy groups -OCH3 is 1. The van der Waals surface area contributed by atoms with Crippen LogP contribution in [0.4, 0.5) is 5.69 Å². The highest BCUT2D eigenvalue weighted by Gasteiger charge is 2.13. The minimum Gasteiger partial charge on any atom is -0.493 e. The molecule has 2 rings (SSSR count). The summed E-state index contributed by atoms with van der Waals surface area (Å²) >= 11 is 17.0. The van der Waals surface area contributed by atoms with Crippen molar-refractivity contribution < 1.29 is 4.74 Å². The standard InChI is InChI=1S/C13H12BrCl2NOS/c1-7(8-3-12(16)19-6-8)17-11-5-9(15)4-10(14)13(11)18-2/h3-7,17H,1-2H3. The molecule has 1 unspecified atom stereocenters. The van der Waals surface area contributed by atoms with Crippen molar-refractivity contribution in [3.8, 4) is 5.75 Å². The summed E-state index contributed by atoms with van der Waals surface area (Å²) in [5, 5.41) is 6.06. The minimum absolute atomic E-state index is 0.114. The first kappa shape index (κ1) is 15.0. The SMILES string of the molecule is COc1c(Br)cc(Cl)cc1NC(C)c1csc(Cl)c1. The van der Waals surface area contributed by atoms with Crippen molar-refractivity contribution in [1.29, 1.82) is 0 Å². The second-order valence-corrected chi connectivity index (χ2v) is 6.85. The topological polar surface area (TPSA) is 21.3 Å². The molecule has 0 aliphatic carbocycles. The third kappa shape index (κ3) is 3.57. The predicted octanol–water partition coefficient (Wildman–Crippen LogP) is 6.00. The maximum Gasteiger partial charge on any atom is 0.156 e. The van der Waals surface area contributed by atoms with Gasteiger partial charge in [0.15, 0.2) is 5.75 Å². The number of rotatable bonds is 4. The molecule has 2 aromatic rings. The van der Waals surface area contributed by atoms with Crippen LogP contribution in [0.25, 0.3) is 0 Å². The molecule has 1 aromatic heterocycles. The molecule has 0 saturated carbocycles. The lowest BCUT2D eigenvalue weighted by Gasteiger charge is -2.18. The van der Waals surface area contributed by atoms with Crippen molar-refractivity contribution in [2.45, 2.75) is 13.0 Å². The van der Waals surface area contributed by atoms with Crippen LogP contribution in [0.15, 0.2) is 28.1 Å². The lowest BCUT2D eigenvalue weighted by molar-refractivity contribution is 0.413. The van der Waals surface area contributed by atoms with Crippen LogP contribution in [-0.4, -0.2) is 7.11 Å². The zero-order chi connectivity index (χ0) is 14.0. The summed E-state index contributed by atoms with van der Waals surface area (Å²) in [6, 6.07) is 5.71. The van der Waals surface area contributed by atoms with Gasteiger partial charge in [0.2, 0.25) is 0 Å². The molecule has 2 nitrogen and oxygen atoms in total. The first-order valence-corrected chi connectivity index (χ1v) is 7.97. The molecule has 1 N–H and O–H groups in total. The fourth-order valence-corrected chi connectivity index (χ4v) is 3.70. The Morgan fingerprint density at radius 2 is 2.05 bits per heavy atom. The highest BCUT2D eigenvalue weighted by Crippen LogP contribution is 2.38. The molecule has 102 valence electrons. The number of anilines is 1. The van der Waals surface area contributed by atoms with Gasteiger partial charge in [-0.25, -0.2) is 0 Å². The molecule has 0 aliphatic heterocycles. The number of benzene rings is 1. The number of hydrogen-bond donors (Lipinski definition) is 1. The molecule has 0 saturated heterocycles. The van der Waals surface area contributed by atoms with E-state index in [4.69, 9.17) is 27.9 Å². The smallest absolute Gasteiger partial charge is 0.156 e. The van der Waals surface area contributed by atoms with Crippen LogP contribution in [0.5, 0.6) is 5.75 Å². The average molecular weight is 381 g/mol. The molecule has 0 fully saturated rings. The van der Waals surface area contributed by atoms with Crippen LogP contribution in [0.3, 0.4) is 0 Å². The summed E-state index contributed by atoms with van der Waals surface area (Å²) in [6.07, 6.45) is 0. The first-order chi connectivity index (χ1) is 9.01. The molecule has 6 heteroatoms. The quantitative estimate of drug-likeness (QED) is 0.702.